The number of rotatable bonds is 6. The van der Waals surface area contributed by atoms with Crippen LogP contribution in [0.3, 0.4) is 0 Å². The van der Waals surface area contributed by atoms with E-state index in [1.165, 1.54) is 0 Å². The van der Waals surface area contributed by atoms with Crippen molar-refractivity contribution < 1.29 is 9.47 Å². The highest BCUT2D eigenvalue weighted by molar-refractivity contribution is 5.36. The summed E-state index contributed by atoms with van der Waals surface area (Å²) in [5, 5.41) is 0. The van der Waals surface area contributed by atoms with Crippen LogP contribution in [0.25, 0.3) is 0 Å². The average Bonchev–Trinajstić information content (AvgIpc) is 2.28. The van der Waals surface area contributed by atoms with Gasteiger partial charge < -0.3 is 14.4 Å². The van der Waals surface area contributed by atoms with E-state index in [0.29, 0.717) is 12.6 Å². The van der Waals surface area contributed by atoms with Crippen LogP contribution in [0.5, 0.6) is 6.01 Å². The molecular formula is C9H18N6O2. The number of hydrogen-bond acceptors (Lipinski definition) is 8. The summed E-state index contributed by atoms with van der Waals surface area (Å²) in [6.07, 6.45) is -0.150. The molecule has 0 spiro atoms. The van der Waals surface area contributed by atoms with E-state index in [2.05, 4.69) is 20.4 Å². The van der Waals surface area contributed by atoms with Gasteiger partial charge in [0.1, 0.15) is 6.10 Å². The fourth-order valence-corrected chi connectivity index (χ4v) is 1.11. The van der Waals surface area contributed by atoms with Gasteiger partial charge in [0.05, 0.1) is 6.61 Å². The maximum atomic E-state index is 5.48. The molecule has 1 heterocycles. The number of nitrogen functional groups attached to an aromatic ring is 1. The van der Waals surface area contributed by atoms with Crippen LogP contribution in [-0.2, 0) is 4.74 Å². The van der Waals surface area contributed by atoms with E-state index in [9.17, 15) is 0 Å². The minimum atomic E-state index is -0.150. The van der Waals surface area contributed by atoms with E-state index in [1.807, 2.05) is 21.0 Å². The van der Waals surface area contributed by atoms with E-state index < -0.39 is 0 Å². The van der Waals surface area contributed by atoms with Gasteiger partial charge in [0.15, 0.2) is 0 Å². The van der Waals surface area contributed by atoms with Gasteiger partial charge in [0, 0.05) is 21.2 Å². The summed E-state index contributed by atoms with van der Waals surface area (Å²) in [6, 6.07) is 0.209. The molecular weight excluding hydrogens is 224 g/mol. The fourth-order valence-electron chi connectivity index (χ4n) is 1.11. The summed E-state index contributed by atoms with van der Waals surface area (Å²) in [4.78, 5) is 13.9. The van der Waals surface area contributed by atoms with Crippen LogP contribution in [0, 0.1) is 0 Å². The minimum absolute atomic E-state index is 0.150. The van der Waals surface area contributed by atoms with Gasteiger partial charge >= 0.3 is 6.01 Å². The number of anilines is 2. The van der Waals surface area contributed by atoms with Gasteiger partial charge in [-0.3, -0.25) is 5.43 Å². The number of hydrazine groups is 1. The van der Waals surface area contributed by atoms with Crippen LogP contribution < -0.4 is 20.9 Å². The van der Waals surface area contributed by atoms with Crippen molar-refractivity contribution in [1.29, 1.82) is 0 Å². The quantitative estimate of drug-likeness (QED) is 0.515. The van der Waals surface area contributed by atoms with Crippen LogP contribution in [0.4, 0.5) is 11.9 Å². The Labute approximate surface area is 100 Å². The molecule has 0 radical (unpaired) electrons. The third kappa shape index (κ3) is 4.00. The van der Waals surface area contributed by atoms with Gasteiger partial charge in [-0.15, -0.1) is 0 Å². The Morgan fingerprint density at radius 2 is 2.06 bits per heavy atom. The lowest BCUT2D eigenvalue weighted by Crippen LogP contribution is -2.22. The fraction of sp³-hybridized carbons (Fsp3) is 0.667. The first-order chi connectivity index (χ1) is 8.06. The number of ether oxygens (including phenoxy) is 2. The highest BCUT2D eigenvalue weighted by Crippen LogP contribution is 2.13. The molecule has 0 bridgehead atoms. The zero-order chi connectivity index (χ0) is 12.8. The van der Waals surface area contributed by atoms with E-state index in [4.69, 9.17) is 15.3 Å². The lowest BCUT2D eigenvalue weighted by molar-refractivity contribution is 0.0855. The molecule has 0 amide bonds. The lowest BCUT2D eigenvalue weighted by atomic mass is 10.4. The molecule has 8 nitrogen and oxygen atoms in total. The monoisotopic (exact) mass is 242 g/mol. The Bertz CT molecular complexity index is 359. The molecule has 1 aromatic heterocycles. The predicted molar refractivity (Wildman–Crippen MR) is 63.9 cm³/mol. The molecule has 96 valence electrons. The normalized spacial score (nSPS) is 12.1. The van der Waals surface area contributed by atoms with E-state index in [-0.39, 0.29) is 18.1 Å². The van der Waals surface area contributed by atoms with Crippen LogP contribution in [0.2, 0.25) is 0 Å². The van der Waals surface area contributed by atoms with Crippen molar-refractivity contribution in [3.63, 3.8) is 0 Å². The van der Waals surface area contributed by atoms with Gasteiger partial charge in [0.2, 0.25) is 11.9 Å². The number of methoxy groups -OCH3 is 1. The van der Waals surface area contributed by atoms with Gasteiger partial charge in [-0.05, 0) is 6.92 Å². The highest BCUT2D eigenvalue weighted by atomic mass is 16.5. The zero-order valence-electron chi connectivity index (χ0n) is 10.5. The van der Waals surface area contributed by atoms with E-state index in [1.54, 1.807) is 12.0 Å². The van der Waals surface area contributed by atoms with Crippen molar-refractivity contribution in [2.75, 3.05) is 38.1 Å². The topological polar surface area (TPSA) is 98.4 Å². The molecule has 0 aliphatic carbocycles. The van der Waals surface area contributed by atoms with E-state index >= 15 is 0 Å². The third-order valence-electron chi connectivity index (χ3n) is 1.84. The zero-order valence-corrected chi connectivity index (χ0v) is 10.5. The molecule has 17 heavy (non-hydrogen) atoms. The summed E-state index contributed by atoms with van der Waals surface area (Å²) >= 11 is 0. The Morgan fingerprint density at radius 3 is 2.59 bits per heavy atom. The summed E-state index contributed by atoms with van der Waals surface area (Å²) in [7, 11) is 5.24. The van der Waals surface area contributed by atoms with Gasteiger partial charge in [0.25, 0.3) is 0 Å². The van der Waals surface area contributed by atoms with Gasteiger partial charge in [-0.1, -0.05) is 0 Å². The second-order valence-electron chi connectivity index (χ2n) is 3.66. The maximum absolute atomic E-state index is 5.48. The lowest BCUT2D eigenvalue weighted by Gasteiger charge is -2.15. The minimum Gasteiger partial charge on any atom is -0.458 e. The summed E-state index contributed by atoms with van der Waals surface area (Å²) in [6.45, 7) is 2.31. The SMILES string of the molecule is COCC(C)Oc1nc(NN)nc(N(C)C)n1. The number of nitrogens with two attached hydrogens (primary N) is 1. The molecule has 1 aromatic rings. The van der Waals surface area contributed by atoms with Crippen molar-refractivity contribution in [2.24, 2.45) is 5.84 Å². The summed E-state index contributed by atoms with van der Waals surface area (Å²) in [5.74, 6) is 5.99. The molecule has 0 aliphatic heterocycles. The van der Waals surface area contributed by atoms with Crippen molar-refractivity contribution in [3.05, 3.63) is 0 Å². The van der Waals surface area contributed by atoms with Crippen LogP contribution in [-0.4, -0.2) is 48.9 Å². The second-order valence-corrected chi connectivity index (χ2v) is 3.66. The molecule has 1 unspecified atom stereocenters. The second kappa shape index (κ2) is 6.16. The van der Waals surface area contributed by atoms with Crippen molar-refractivity contribution in [1.82, 2.24) is 15.0 Å². The molecule has 0 aromatic carbocycles. The molecule has 1 rings (SSSR count). The molecule has 1 atom stereocenters. The van der Waals surface area contributed by atoms with Gasteiger partial charge in [-0.2, -0.15) is 15.0 Å². The van der Waals surface area contributed by atoms with Crippen LogP contribution in [0.15, 0.2) is 0 Å². The Hall–Kier alpha value is -1.67. The van der Waals surface area contributed by atoms with Gasteiger partial charge in [-0.25, -0.2) is 5.84 Å². The molecule has 0 saturated heterocycles. The van der Waals surface area contributed by atoms with Crippen molar-refractivity contribution >= 4 is 11.9 Å². The number of nitrogens with zero attached hydrogens (tertiary/aromatic N) is 4. The Morgan fingerprint density at radius 1 is 1.35 bits per heavy atom. The number of hydrogen-bond donors (Lipinski definition) is 2. The Kier molecular flexibility index (Phi) is 4.85. The largest absolute Gasteiger partial charge is 0.458 e. The molecule has 0 aliphatic rings. The predicted octanol–water partition coefficient (Wildman–Crippen LogP) is -0.363. The number of aromatic nitrogens is 3. The third-order valence-corrected chi connectivity index (χ3v) is 1.84. The first kappa shape index (κ1) is 13.4. The standard InChI is InChI=1S/C9H18N6O2/c1-6(5-16-4)17-9-12-7(14-10)11-8(13-9)15(2)3/h6H,5,10H2,1-4H3,(H,11,12,13,14). The smallest absolute Gasteiger partial charge is 0.323 e. The summed E-state index contributed by atoms with van der Waals surface area (Å²) < 4.78 is 10.4. The molecule has 0 saturated carbocycles. The molecule has 0 fully saturated rings. The Balaban J connectivity index is 2.87. The van der Waals surface area contributed by atoms with Crippen LogP contribution in [0.1, 0.15) is 6.92 Å². The maximum Gasteiger partial charge on any atom is 0.323 e. The molecule has 3 N–H and O–H groups in total. The van der Waals surface area contributed by atoms with Crippen molar-refractivity contribution in [2.45, 2.75) is 13.0 Å². The average molecular weight is 242 g/mol. The highest BCUT2D eigenvalue weighted by Gasteiger charge is 2.11. The van der Waals surface area contributed by atoms with Crippen LogP contribution >= 0.6 is 0 Å². The summed E-state index contributed by atoms with van der Waals surface area (Å²) in [5.41, 5.74) is 2.37. The van der Waals surface area contributed by atoms with E-state index in [0.717, 1.165) is 0 Å². The first-order valence-corrected chi connectivity index (χ1v) is 5.12. The first-order valence-electron chi connectivity index (χ1n) is 5.12. The van der Waals surface area contributed by atoms with Crippen molar-refractivity contribution in [3.8, 4) is 6.01 Å². The molecule has 8 heteroatoms. The number of nitrogens with one attached hydrogen (secondary N) is 1.